The Morgan fingerprint density at radius 1 is 1.25 bits per heavy atom. The summed E-state index contributed by atoms with van der Waals surface area (Å²) in [6, 6.07) is 8.05. The van der Waals surface area contributed by atoms with Crippen LogP contribution in [-0.2, 0) is 0 Å². The molecule has 2 aromatic rings. The lowest BCUT2D eigenvalue weighted by Crippen LogP contribution is -2.33. The van der Waals surface area contributed by atoms with E-state index in [1.54, 1.807) is 25.1 Å². The molecule has 0 atom stereocenters. The molecule has 6 heteroatoms. The number of ether oxygens (including phenoxy) is 1. The Kier molecular flexibility index (Phi) is 4.01. The fourth-order valence-electron chi connectivity index (χ4n) is 1.68. The van der Waals surface area contributed by atoms with E-state index >= 15 is 0 Å². The SMILES string of the molecule is Cc1cc(OCC(F)(F)C(F)F)ccc1-c1ccco1. The van der Waals surface area contributed by atoms with Gasteiger partial charge in [0.25, 0.3) is 0 Å². The van der Waals surface area contributed by atoms with Crippen LogP contribution in [0.4, 0.5) is 17.6 Å². The Bertz CT molecular complexity index is 565. The summed E-state index contributed by atoms with van der Waals surface area (Å²) in [4.78, 5) is 0. The van der Waals surface area contributed by atoms with Gasteiger partial charge in [-0.3, -0.25) is 0 Å². The summed E-state index contributed by atoms with van der Waals surface area (Å²) in [6.45, 7) is 0.389. The minimum absolute atomic E-state index is 0.109. The van der Waals surface area contributed by atoms with Gasteiger partial charge in [-0.15, -0.1) is 0 Å². The summed E-state index contributed by atoms with van der Waals surface area (Å²) < 4.78 is 59.4. The molecule has 108 valence electrons. The number of benzene rings is 1. The molecule has 0 aliphatic heterocycles. The van der Waals surface area contributed by atoms with Gasteiger partial charge in [-0.05, 0) is 42.8 Å². The minimum atomic E-state index is -4.16. The standard InChI is InChI=1S/C14H12F4O2/c1-9-7-10(20-8-14(17,18)13(15)16)4-5-11(9)12-3-2-6-19-12/h2-7,13H,8H2,1H3. The molecule has 20 heavy (non-hydrogen) atoms. The molecule has 0 saturated heterocycles. The van der Waals surface area contributed by atoms with Crippen molar-refractivity contribution in [1.82, 2.24) is 0 Å². The fraction of sp³-hybridized carbons (Fsp3) is 0.286. The highest BCUT2D eigenvalue weighted by Gasteiger charge is 2.41. The van der Waals surface area contributed by atoms with Gasteiger partial charge in [-0.2, -0.15) is 8.78 Å². The third-order valence-electron chi connectivity index (χ3n) is 2.74. The third-order valence-corrected chi connectivity index (χ3v) is 2.74. The van der Waals surface area contributed by atoms with Crippen molar-refractivity contribution in [2.45, 2.75) is 19.3 Å². The maximum atomic E-state index is 12.7. The van der Waals surface area contributed by atoms with E-state index in [-0.39, 0.29) is 5.75 Å². The maximum absolute atomic E-state index is 12.7. The van der Waals surface area contributed by atoms with Gasteiger partial charge in [0.15, 0.2) is 6.61 Å². The molecule has 0 amide bonds. The van der Waals surface area contributed by atoms with Gasteiger partial charge in [0, 0.05) is 5.56 Å². The number of aryl methyl sites for hydroxylation is 1. The average molecular weight is 288 g/mol. The van der Waals surface area contributed by atoms with E-state index in [1.165, 1.54) is 18.4 Å². The molecule has 0 spiro atoms. The Hall–Kier alpha value is -1.98. The van der Waals surface area contributed by atoms with Crippen LogP contribution in [0.1, 0.15) is 5.56 Å². The predicted octanol–water partition coefficient (Wildman–Crippen LogP) is 4.53. The molecule has 0 bridgehead atoms. The molecular formula is C14H12F4O2. The zero-order chi connectivity index (χ0) is 14.8. The first kappa shape index (κ1) is 14.4. The quantitative estimate of drug-likeness (QED) is 0.754. The molecular weight excluding hydrogens is 276 g/mol. The number of furan rings is 1. The molecule has 2 rings (SSSR count). The summed E-state index contributed by atoms with van der Waals surface area (Å²) in [5.41, 5.74) is 1.51. The fourth-order valence-corrected chi connectivity index (χ4v) is 1.68. The van der Waals surface area contributed by atoms with Crippen molar-refractivity contribution in [3.8, 4) is 17.1 Å². The highest BCUT2D eigenvalue weighted by Crippen LogP contribution is 2.29. The third kappa shape index (κ3) is 3.12. The second-order valence-electron chi connectivity index (χ2n) is 4.30. The van der Waals surface area contributed by atoms with Crippen molar-refractivity contribution in [2.75, 3.05) is 6.61 Å². The molecule has 0 aliphatic carbocycles. The van der Waals surface area contributed by atoms with Gasteiger partial charge in [0.05, 0.1) is 6.26 Å². The summed E-state index contributed by atoms with van der Waals surface area (Å²) >= 11 is 0. The highest BCUT2D eigenvalue weighted by molar-refractivity contribution is 5.63. The lowest BCUT2D eigenvalue weighted by atomic mass is 10.1. The van der Waals surface area contributed by atoms with Crippen LogP contribution >= 0.6 is 0 Å². The lowest BCUT2D eigenvalue weighted by molar-refractivity contribution is -0.148. The largest absolute Gasteiger partial charge is 0.487 e. The highest BCUT2D eigenvalue weighted by atomic mass is 19.3. The molecule has 0 aliphatic rings. The van der Waals surface area contributed by atoms with Crippen LogP contribution in [0.25, 0.3) is 11.3 Å². The van der Waals surface area contributed by atoms with Gasteiger partial charge in [-0.25, -0.2) is 8.78 Å². The zero-order valence-corrected chi connectivity index (χ0v) is 10.6. The van der Waals surface area contributed by atoms with E-state index < -0.39 is 19.0 Å². The van der Waals surface area contributed by atoms with Crippen molar-refractivity contribution in [2.24, 2.45) is 0 Å². The van der Waals surface area contributed by atoms with Crippen molar-refractivity contribution in [3.63, 3.8) is 0 Å². The monoisotopic (exact) mass is 288 g/mol. The second kappa shape index (κ2) is 5.56. The molecule has 1 heterocycles. The number of alkyl halides is 4. The van der Waals surface area contributed by atoms with E-state index in [4.69, 9.17) is 9.15 Å². The zero-order valence-electron chi connectivity index (χ0n) is 10.6. The summed E-state index contributed by atoms with van der Waals surface area (Å²) in [5.74, 6) is -3.42. The molecule has 0 radical (unpaired) electrons. The minimum Gasteiger partial charge on any atom is -0.487 e. The Morgan fingerprint density at radius 2 is 2.00 bits per heavy atom. The van der Waals surface area contributed by atoms with Crippen LogP contribution in [0.2, 0.25) is 0 Å². The lowest BCUT2D eigenvalue weighted by Gasteiger charge is -2.16. The molecule has 1 aromatic carbocycles. The Balaban J connectivity index is 2.10. The van der Waals surface area contributed by atoms with Gasteiger partial charge < -0.3 is 9.15 Å². The average Bonchev–Trinajstić information content (AvgIpc) is 2.90. The van der Waals surface area contributed by atoms with E-state index in [0.717, 1.165) is 11.1 Å². The number of hydrogen-bond donors (Lipinski definition) is 0. The van der Waals surface area contributed by atoms with Gasteiger partial charge in [0.1, 0.15) is 11.5 Å². The summed E-state index contributed by atoms with van der Waals surface area (Å²) in [7, 11) is 0. The van der Waals surface area contributed by atoms with E-state index in [9.17, 15) is 17.6 Å². The van der Waals surface area contributed by atoms with Crippen LogP contribution in [-0.4, -0.2) is 19.0 Å². The van der Waals surface area contributed by atoms with E-state index in [2.05, 4.69) is 0 Å². The molecule has 0 unspecified atom stereocenters. The van der Waals surface area contributed by atoms with Crippen LogP contribution in [0.5, 0.6) is 5.75 Å². The van der Waals surface area contributed by atoms with Crippen molar-refractivity contribution in [1.29, 1.82) is 0 Å². The van der Waals surface area contributed by atoms with Crippen LogP contribution in [0.15, 0.2) is 41.0 Å². The summed E-state index contributed by atoms with van der Waals surface area (Å²) in [6.07, 6.45) is -2.23. The smallest absolute Gasteiger partial charge is 0.340 e. The van der Waals surface area contributed by atoms with Crippen molar-refractivity contribution in [3.05, 3.63) is 42.2 Å². The Morgan fingerprint density at radius 3 is 2.55 bits per heavy atom. The van der Waals surface area contributed by atoms with Gasteiger partial charge in [0.2, 0.25) is 0 Å². The normalized spacial score (nSPS) is 11.9. The molecule has 1 aromatic heterocycles. The number of rotatable bonds is 5. The number of hydrogen-bond acceptors (Lipinski definition) is 2. The van der Waals surface area contributed by atoms with E-state index in [1.807, 2.05) is 0 Å². The van der Waals surface area contributed by atoms with E-state index in [0.29, 0.717) is 5.76 Å². The summed E-state index contributed by atoms with van der Waals surface area (Å²) in [5, 5.41) is 0. The van der Waals surface area contributed by atoms with Crippen molar-refractivity contribution >= 4 is 0 Å². The molecule has 0 N–H and O–H groups in total. The first-order valence-electron chi connectivity index (χ1n) is 5.83. The molecule has 2 nitrogen and oxygen atoms in total. The molecule has 0 fully saturated rings. The topological polar surface area (TPSA) is 22.4 Å². The number of halogens is 4. The van der Waals surface area contributed by atoms with Crippen LogP contribution in [0.3, 0.4) is 0 Å². The molecule has 0 saturated carbocycles. The maximum Gasteiger partial charge on any atom is 0.340 e. The first-order chi connectivity index (χ1) is 9.40. The first-order valence-corrected chi connectivity index (χ1v) is 5.83. The van der Waals surface area contributed by atoms with Crippen molar-refractivity contribution < 1.29 is 26.7 Å². The van der Waals surface area contributed by atoms with Crippen LogP contribution in [0, 0.1) is 6.92 Å². The van der Waals surface area contributed by atoms with Crippen LogP contribution < -0.4 is 4.74 Å². The predicted molar refractivity (Wildman–Crippen MR) is 65.3 cm³/mol. The van der Waals surface area contributed by atoms with Gasteiger partial charge >= 0.3 is 12.3 Å². The second-order valence-corrected chi connectivity index (χ2v) is 4.30. The van der Waals surface area contributed by atoms with Gasteiger partial charge in [-0.1, -0.05) is 0 Å². The Labute approximate surface area is 113 Å².